The van der Waals surface area contributed by atoms with Crippen molar-refractivity contribution in [1.82, 2.24) is 10.3 Å². The van der Waals surface area contributed by atoms with Crippen LogP contribution in [0.3, 0.4) is 0 Å². The number of rotatable bonds is 6. The van der Waals surface area contributed by atoms with Crippen LogP contribution in [0.5, 0.6) is 0 Å². The van der Waals surface area contributed by atoms with E-state index in [0.717, 1.165) is 17.2 Å². The molecule has 0 saturated heterocycles. The molecular weight excluding hydrogens is 256 g/mol. The Hall–Kier alpha value is -1.00. The highest BCUT2D eigenvalue weighted by atomic mass is 35.5. The Balaban J connectivity index is 2.44. The quantitative estimate of drug-likeness (QED) is 0.638. The van der Waals surface area contributed by atoms with Gasteiger partial charge < -0.3 is 5.32 Å². The third-order valence-electron chi connectivity index (χ3n) is 2.00. The molecule has 0 fully saturated rings. The van der Waals surface area contributed by atoms with Crippen molar-refractivity contribution in [1.29, 1.82) is 0 Å². The van der Waals surface area contributed by atoms with Crippen molar-refractivity contribution < 1.29 is 4.79 Å². The average Bonchev–Trinajstić information content (AvgIpc) is 2.28. The van der Waals surface area contributed by atoms with Crippen molar-refractivity contribution in [2.75, 3.05) is 18.1 Å². The molecular formula is C12H15ClN2OS. The second-order valence-electron chi connectivity index (χ2n) is 3.43. The molecule has 0 aliphatic carbocycles. The number of aromatic nitrogens is 1. The molecule has 0 unspecified atom stereocenters. The standard InChI is InChI=1S/C12H15ClN2OS/c1-3-5-17-6-4-14-12(16)10-8-15-9(2)7-11(10)13/h3,7-8H,1,4-6H2,2H3,(H,14,16). The van der Waals surface area contributed by atoms with Gasteiger partial charge in [0.15, 0.2) is 0 Å². The summed E-state index contributed by atoms with van der Waals surface area (Å²) in [7, 11) is 0. The summed E-state index contributed by atoms with van der Waals surface area (Å²) in [4.78, 5) is 15.8. The van der Waals surface area contributed by atoms with Crippen LogP contribution in [0.15, 0.2) is 24.9 Å². The summed E-state index contributed by atoms with van der Waals surface area (Å²) in [5.41, 5.74) is 1.22. The molecule has 1 aromatic rings. The number of nitrogens with zero attached hydrogens (tertiary/aromatic N) is 1. The number of carbonyl (C=O) groups is 1. The summed E-state index contributed by atoms with van der Waals surface area (Å²) < 4.78 is 0. The maximum atomic E-state index is 11.7. The number of amides is 1. The summed E-state index contributed by atoms with van der Waals surface area (Å²) in [6.45, 7) is 6.07. The molecule has 1 rings (SSSR count). The molecule has 0 saturated carbocycles. The second-order valence-corrected chi connectivity index (χ2v) is 4.98. The third kappa shape index (κ3) is 4.79. The highest BCUT2D eigenvalue weighted by Gasteiger charge is 2.10. The third-order valence-corrected chi connectivity index (χ3v) is 3.28. The molecule has 0 spiro atoms. The van der Waals surface area contributed by atoms with E-state index < -0.39 is 0 Å². The van der Waals surface area contributed by atoms with E-state index in [0.29, 0.717) is 17.1 Å². The van der Waals surface area contributed by atoms with Crippen molar-refractivity contribution in [2.24, 2.45) is 0 Å². The molecule has 0 atom stereocenters. The van der Waals surface area contributed by atoms with Gasteiger partial charge in [0.05, 0.1) is 10.6 Å². The summed E-state index contributed by atoms with van der Waals surface area (Å²) in [6.07, 6.45) is 3.34. The molecule has 92 valence electrons. The van der Waals surface area contributed by atoms with Crippen molar-refractivity contribution in [3.05, 3.63) is 41.2 Å². The fourth-order valence-corrected chi connectivity index (χ4v) is 2.06. The first-order valence-corrected chi connectivity index (χ1v) is 6.77. The lowest BCUT2D eigenvalue weighted by Crippen LogP contribution is -2.26. The van der Waals surface area contributed by atoms with Crippen LogP contribution >= 0.6 is 23.4 Å². The molecule has 1 N–H and O–H groups in total. The molecule has 0 radical (unpaired) electrons. The number of hydrogen-bond donors (Lipinski definition) is 1. The number of carbonyl (C=O) groups excluding carboxylic acids is 1. The van der Waals surface area contributed by atoms with Crippen molar-refractivity contribution in [2.45, 2.75) is 6.92 Å². The predicted octanol–water partition coefficient (Wildman–Crippen LogP) is 2.69. The fraction of sp³-hybridized carbons (Fsp3) is 0.333. The van der Waals surface area contributed by atoms with Gasteiger partial charge in [-0.3, -0.25) is 9.78 Å². The van der Waals surface area contributed by atoms with E-state index in [-0.39, 0.29) is 5.91 Å². The molecule has 3 nitrogen and oxygen atoms in total. The Morgan fingerprint density at radius 3 is 3.12 bits per heavy atom. The Bertz CT molecular complexity index is 409. The SMILES string of the molecule is C=CCSCCNC(=O)c1cnc(C)cc1Cl. The van der Waals surface area contributed by atoms with Crippen LogP contribution in [0, 0.1) is 6.92 Å². The number of hydrogen-bond acceptors (Lipinski definition) is 3. The highest BCUT2D eigenvalue weighted by Crippen LogP contribution is 2.15. The van der Waals surface area contributed by atoms with Crippen LogP contribution in [-0.4, -0.2) is 28.9 Å². The van der Waals surface area contributed by atoms with Gasteiger partial charge in [-0.2, -0.15) is 11.8 Å². The Morgan fingerprint density at radius 1 is 1.71 bits per heavy atom. The van der Waals surface area contributed by atoms with Crippen LogP contribution in [-0.2, 0) is 0 Å². The van der Waals surface area contributed by atoms with Gasteiger partial charge in [-0.05, 0) is 13.0 Å². The minimum absolute atomic E-state index is 0.179. The highest BCUT2D eigenvalue weighted by molar-refractivity contribution is 7.99. The van der Waals surface area contributed by atoms with Gasteiger partial charge >= 0.3 is 0 Å². The van der Waals surface area contributed by atoms with Crippen molar-refractivity contribution in [3.63, 3.8) is 0 Å². The summed E-state index contributed by atoms with van der Waals surface area (Å²) in [6, 6.07) is 1.68. The normalized spacial score (nSPS) is 10.0. The summed E-state index contributed by atoms with van der Waals surface area (Å²) in [5, 5.41) is 3.24. The first kappa shape index (κ1) is 14.1. The second kappa shape index (κ2) is 7.35. The monoisotopic (exact) mass is 270 g/mol. The largest absolute Gasteiger partial charge is 0.351 e. The number of nitrogens with one attached hydrogen (secondary N) is 1. The molecule has 1 amide bonds. The lowest BCUT2D eigenvalue weighted by atomic mass is 10.2. The van der Waals surface area contributed by atoms with Crippen LogP contribution in [0.4, 0.5) is 0 Å². The van der Waals surface area contributed by atoms with E-state index in [2.05, 4.69) is 16.9 Å². The number of halogens is 1. The van der Waals surface area contributed by atoms with Gasteiger partial charge in [0.25, 0.3) is 5.91 Å². The van der Waals surface area contributed by atoms with Crippen LogP contribution in [0.1, 0.15) is 16.1 Å². The van der Waals surface area contributed by atoms with E-state index in [4.69, 9.17) is 11.6 Å². The molecule has 17 heavy (non-hydrogen) atoms. The lowest BCUT2D eigenvalue weighted by Gasteiger charge is -2.06. The minimum Gasteiger partial charge on any atom is -0.351 e. The van der Waals surface area contributed by atoms with Crippen LogP contribution in [0.25, 0.3) is 0 Å². The molecule has 5 heteroatoms. The zero-order valence-corrected chi connectivity index (χ0v) is 11.3. The molecule has 0 aliphatic heterocycles. The van der Waals surface area contributed by atoms with E-state index >= 15 is 0 Å². The van der Waals surface area contributed by atoms with E-state index in [1.54, 1.807) is 17.8 Å². The zero-order valence-electron chi connectivity index (χ0n) is 9.70. The van der Waals surface area contributed by atoms with Crippen molar-refractivity contribution in [3.8, 4) is 0 Å². The predicted molar refractivity (Wildman–Crippen MR) is 73.8 cm³/mol. The van der Waals surface area contributed by atoms with Gasteiger partial charge in [0.2, 0.25) is 0 Å². The van der Waals surface area contributed by atoms with Gasteiger partial charge in [-0.1, -0.05) is 17.7 Å². The number of thioether (sulfide) groups is 1. The molecule has 0 aliphatic rings. The first-order chi connectivity index (χ1) is 8.15. The van der Waals surface area contributed by atoms with Gasteiger partial charge in [0.1, 0.15) is 0 Å². The Labute approximate surface area is 111 Å². The minimum atomic E-state index is -0.179. The molecule has 1 aromatic heterocycles. The van der Waals surface area contributed by atoms with E-state index in [1.165, 1.54) is 6.20 Å². The van der Waals surface area contributed by atoms with E-state index in [9.17, 15) is 4.79 Å². The number of pyridine rings is 1. The molecule has 0 bridgehead atoms. The van der Waals surface area contributed by atoms with E-state index in [1.807, 2.05) is 13.0 Å². The Morgan fingerprint density at radius 2 is 2.47 bits per heavy atom. The fourth-order valence-electron chi connectivity index (χ4n) is 1.19. The van der Waals surface area contributed by atoms with Crippen molar-refractivity contribution >= 4 is 29.3 Å². The topological polar surface area (TPSA) is 42.0 Å². The molecule has 0 aromatic carbocycles. The molecule has 1 heterocycles. The zero-order chi connectivity index (χ0) is 12.7. The van der Waals surface area contributed by atoms with Crippen LogP contribution in [0.2, 0.25) is 5.02 Å². The summed E-state index contributed by atoms with van der Waals surface area (Å²) >= 11 is 7.68. The Kier molecular flexibility index (Phi) is 6.08. The smallest absolute Gasteiger partial charge is 0.254 e. The maximum absolute atomic E-state index is 11.7. The first-order valence-electron chi connectivity index (χ1n) is 5.24. The average molecular weight is 271 g/mol. The van der Waals surface area contributed by atoms with Crippen LogP contribution < -0.4 is 5.32 Å². The maximum Gasteiger partial charge on any atom is 0.254 e. The van der Waals surface area contributed by atoms with Gasteiger partial charge in [-0.25, -0.2) is 0 Å². The van der Waals surface area contributed by atoms with Gasteiger partial charge in [0, 0.05) is 29.9 Å². The number of aryl methyl sites for hydroxylation is 1. The van der Waals surface area contributed by atoms with Gasteiger partial charge in [-0.15, -0.1) is 6.58 Å². The summed E-state index contributed by atoms with van der Waals surface area (Å²) in [5.74, 6) is 1.57. The lowest BCUT2D eigenvalue weighted by molar-refractivity contribution is 0.0956.